The monoisotopic (exact) mass is 210 g/mol. The Hall–Kier alpha value is -0.630. The molecular weight excluding hydrogens is 188 g/mol. The Balaban J connectivity index is 2.47. The summed E-state index contributed by atoms with van der Waals surface area (Å²) in [6, 6.07) is 0. The first-order valence-electron chi connectivity index (χ1n) is 5.50. The van der Waals surface area contributed by atoms with E-state index in [1.807, 2.05) is 26.8 Å². The largest absolute Gasteiger partial charge is 0.365 e. The number of carbonyl (C=O) groups is 1. The molecule has 0 aromatic carbocycles. The normalized spacial score (nSPS) is 27.1. The third kappa shape index (κ3) is 3.45. The Morgan fingerprint density at radius 3 is 2.00 bits per heavy atom. The summed E-state index contributed by atoms with van der Waals surface area (Å²) < 4.78 is 5.51. The van der Waals surface area contributed by atoms with Crippen LogP contribution < -0.4 is 0 Å². The summed E-state index contributed by atoms with van der Waals surface area (Å²) in [4.78, 5) is 11.6. The summed E-state index contributed by atoms with van der Waals surface area (Å²) in [5, 5.41) is 0. The van der Waals surface area contributed by atoms with Gasteiger partial charge in [-0.15, -0.1) is 0 Å². The molecule has 0 aliphatic carbocycles. The van der Waals surface area contributed by atoms with Crippen LogP contribution in [-0.4, -0.2) is 18.0 Å². The topological polar surface area (TPSA) is 29.6 Å². The van der Waals surface area contributed by atoms with Gasteiger partial charge in [0.05, 0.1) is 6.10 Å². The molecule has 0 radical (unpaired) electrons. The van der Waals surface area contributed by atoms with E-state index in [9.17, 15) is 4.79 Å². The second-order valence-corrected chi connectivity index (χ2v) is 6.36. The molecule has 0 saturated carbocycles. The van der Waals surface area contributed by atoms with Crippen molar-refractivity contribution < 1.29 is 9.53 Å². The number of hydrogen-bond donors (Lipinski definition) is 0. The minimum Gasteiger partial charge on any atom is -0.365 e. The Bertz CT molecular complexity index is 276. The fourth-order valence-corrected chi connectivity index (χ4v) is 1.40. The Morgan fingerprint density at radius 1 is 1.13 bits per heavy atom. The molecule has 0 unspecified atom stereocenters. The predicted molar refractivity (Wildman–Crippen MR) is 61.7 cm³/mol. The van der Waals surface area contributed by atoms with Crippen LogP contribution in [0, 0.1) is 10.8 Å². The first kappa shape index (κ1) is 12.4. The van der Waals surface area contributed by atoms with Crippen LogP contribution in [-0.2, 0) is 9.53 Å². The molecule has 0 N–H and O–H groups in total. The zero-order chi connectivity index (χ0) is 11.9. The molecule has 1 heterocycles. The summed E-state index contributed by atoms with van der Waals surface area (Å²) >= 11 is 0. The molecule has 0 aromatic rings. The maximum atomic E-state index is 11.6. The molecule has 2 atom stereocenters. The number of rotatable bonds is 2. The van der Waals surface area contributed by atoms with E-state index in [1.54, 1.807) is 6.08 Å². The van der Waals surface area contributed by atoms with E-state index in [0.717, 1.165) is 0 Å². The van der Waals surface area contributed by atoms with E-state index in [-0.39, 0.29) is 28.8 Å². The number of carbonyl (C=O) groups excluding carboxylic acids is 1. The predicted octanol–water partition coefficient (Wildman–Crippen LogP) is 2.97. The third-order valence-corrected chi connectivity index (χ3v) is 2.56. The van der Waals surface area contributed by atoms with E-state index in [4.69, 9.17) is 4.74 Å². The average Bonchev–Trinajstić information content (AvgIpc) is 2.75. The van der Waals surface area contributed by atoms with Crippen LogP contribution >= 0.6 is 0 Å². The lowest BCUT2D eigenvalue weighted by atomic mass is 9.88. The van der Waals surface area contributed by atoms with Crippen molar-refractivity contribution in [2.45, 2.75) is 53.8 Å². The zero-order valence-corrected chi connectivity index (χ0v) is 10.6. The van der Waals surface area contributed by atoms with Gasteiger partial charge in [0.1, 0.15) is 6.10 Å². The summed E-state index contributed by atoms with van der Waals surface area (Å²) in [5.41, 5.74) is -0.123. The fourth-order valence-electron chi connectivity index (χ4n) is 1.40. The highest BCUT2D eigenvalue weighted by molar-refractivity contribution is 5.93. The number of epoxide rings is 1. The van der Waals surface area contributed by atoms with Gasteiger partial charge in [-0.1, -0.05) is 41.5 Å². The van der Waals surface area contributed by atoms with Crippen LogP contribution in [0.4, 0.5) is 0 Å². The highest BCUT2D eigenvalue weighted by atomic mass is 16.6. The smallest absolute Gasteiger partial charge is 0.160 e. The molecule has 1 aliphatic heterocycles. The minimum absolute atomic E-state index is 0.135. The summed E-state index contributed by atoms with van der Waals surface area (Å²) in [5.74, 6) is 0.158. The van der Waals surface area contributed by atoms with Crippen molar-refractivity contribution in [2.24, 2.45) is 10.8 Å². The molecule has 1 aliphatic rings. The lowest BCUT2D eigenvalue weighted by molar-refractivity contribution is -0.121. The van der Waals surface area contributed by atoms with Gasteiger partial charge in [-0.05, 0) is 17.6 Å². The van der Waals surface area contributed by atoms with Crippen molar-refractivity contribution in [1.29, 1.82) is 0 Å². The Labute approximate surface area is 92.7 Å². The molecule has 86 valence electrons. The van der Waals surface area contributed by atoms with Crippen molar-refractivity contribution in [3.05, 3.63) is 12.2 Å². The maximum Gasteiger partial charge on any atom is 0.160 e. The molecule has 15 heavy (non-hydrogen) atoms. The molecule has 0 bridgehead atoms. The van der Waals surface area contributed by atoms with Gasteiger partial charge in [0.15, 0.2) is 5.78 Å². The highest BCUT2D eigenvalue weighted by Gasteiger charge is 2.45. The van der Waals surface area contributed by atoms with Crippen molar-refractivity contribution >= 4 is 5.78 Å². The minimum atomic E-state index is -0.289. The van der Waals surface area contributed by atoms with E-state index >= 15 is 0 Å². The second-order valence-electron chi connectivity index (χ2n) is 6.36. The van der Waals surface area contributed by atoms with Crippen LogP contribution in [0.2, 0.25) is 0 Å². The van der Waals surface area contributed by atoms with E-state index < -0.39 is 0 Å². The first-order valence-corrected chi connectivity index (χ1v) is 5.50. The molecule has 0 amide bonds. The van der Waals surface area contributed by atoms with Gasteiger partial charge in [-0.25, -0.2) is 0 Å². The molecular formula is C13H22O2. The molecule has 0 aromatic heterocycles. The quantitative estimate of drug-likeness (QED) is 0.518. The van der Waals surface area contributed by atoms with Crippen LogP contribution in [0.25, 0.3) is 0 Å². The number of hydrogen-bond acceptors (Lipinski definition) is 2. The van der Waals surface area contributed by atoms with Gasteiger partial charge < -0.3 is 4.74 Å². The van der Waals surface area contributed by atoms with E-state index in [0.29, 0.717) is 0 Å². The van der Waals surface area contributed by atoms with E-state index in [2.05, 4.69) is 20.8 Å². The Morgan fingerprint density at radius 2 is 1.67 bits per heavy atom. The van der Waals surface area contributed by atoms with Gasteiger partial charge in [0, 0.05) is 5.41 Å². The van der Waals surface area contributed by atoms with Crippen molar-refractivity contribution in [3.63, 3.8) is 0 Å². The van der Waals surface area contributed by atoms with Crippen molar-refractivity contribution in [2.75, 3.05) is 0 Å². The number of ketones is 1. The first-order chi connectivity index (χ1) is 6.62. The Kier molecular flexibility index (Phi) is 3.11. The zero-order valence-electron chi connectivity index (χ0n) is 10.6. The molecule has 0 spiro atoms. The van der Waals surface area contributed by atoms with Crippen molar-refractivity contribution in [1.82, 2.24) is 0 Å². The fraction of sp³-hybridized carbons (Fsp3) is 0.769. The average molecular weight is 210 g/mol. The number of ether oxygens (including phenoxy) is 1. The molecule has 1 rings (SSSR count). The molecule has 2 nitrogen and oxygen atoms in total. The highest BCUT2D eigenvalue weighted by Crippen LogP contribution is 2.38. The summed E-state index contributed by atoms with van der Waals surface area (Å²) in [6.07, 6.45) is 3.96. The standard InChI is InChI=1S/C13H22O2/c1-12(2,3)10(14)8-7-9-11(15-9)13(4,5)6/h7-9,11H,1-6H3/b8-7+/t9-,11-/m0/s1. The van der Waals surface area contributed by atoms with Gasteiger partial charge in [0.25, 0.3) is 0 Å². The second kappa shape index (κ2) is 3.75. The third-order valence-electron chi connectivity index (χ3n) is 2.56. The van der Waals surface area contributed by atoms with Crippen molar-refractivity contribution in [3.8, 4) is 0 Å². The van der Waals surface area contributed by atoms with Gasteiger partial charge in [-0.2, -0.15) is 0 Å². The van der Waals surface area contributed by atoms with Crippen LogP contribution in [0.15, 0.2) is 12.2 Å². The molecule has 1 fully saturated rings. The van der Waals surface area contributed by atoms with Gasteiger partial charge in [0.2, 0.25) is 0 Å². The molecule has 1 saturated heterocycles. The van der Waals surface area contributed by atoms with Crippen LogP contribution in [0.5, 0.6) is 0 Å². The number of allylic oxidation sites excluding steroid dienone is 1. The summed E-state index contributed by atoms with van der Waals surface area (Å²) in [6.45, 7) is 12.2. The van der Waals surface area contributed by atoms with E-state index in [1.165, 1.54) is 0 Å². The molecule has 2 heteroatoms. The van der Waals surface area contributed by atoms with Crippen LogP contribution in [0.3, 0.4) is 0 Å². The van der Waals surface area contributed by atoms with Gasteiger partial charge in [-0.3, -0.25) is 4.79 Å². The SMILES string of the molecule is CC(C)(C)C(=O)/C=C/[C@@H]1O[C@@H]1C(C)(C)C. The summed E-state index contributed by atoms with van der Waals surface area (Å²) in [7, 11) is 0. The van der Waals surface area contributed by atoms with Crippen LogP contribution in [0.1, 0.15) is 41.5 Å². The maximum absolute atomic E-state index is 11.6. The van der Waals surface area contributed by atoms with Gasteiger partial charge >= 0.3 is 0 Å². The lowest BCUT2D eigenvalue weighted by Gasteiger charge is -2.14. The lowest BCUT2D eigenvalue weighted by Crippen LogP contribution is -2.18.